The van der Waals surface area contributed by atoms with E-state index in [1.807, 2.05) is 30.9 Å². The number of benzene rings is 1. The van der Waals surface area contributed by atoms with Gasteiger partial charge in [-0.15, -0.1) is 0 Å². The van der Waals surface area contributed by atoms with Gasteiger partial charge in [-0.1, -0.05) is 37.7 Å². The minimum Gasteiger partial charge on any atom is -0.497 e. The Bertz CT molecular complexity index is 448. The number of ether oxygens (including phenoxy) is 1. The molecule has 0 saturated carbocycles. The Balaban J connectivity index is 2.00. The van der Waals surface area contributed by atoms with Crippen LogP contribution in [0, 0.1) is 0 Å². The van der Waals surface area contributed by atoms with Crippen molar-refractivity contribution in [3.8, 4) is 5.75 Å². The normalized spacial score (nSPS) is 19.2. The smallest absolute Gasteiger partial charge is 0.281 e. The first-order valence-corrected chi connectivity index (χ1v) is 7.81. The van der Waals surface area contributed by atoms with Crippen molar-refractivity contribution in [2.75, 3.05) is 26.7 Å². The van der Waals surface area contributed by atoms with Crippen LogP contribution in [0.4, 0.5) is 4.79 Å². The maximum absolute atomic E-state index is 12.1. The Morgan fingerprint density at radius 1 is 1.40 bits per heavy atom. The first-order valence-electron chi connectivity index (χ1n) is 6.93. The number of carbonyl (C=O) groups excluding carboxylic acids is 1. The molecule has 0 aliphatic carbocycles. The second-order valence-electron chi connectivity index (χ2n) is 5.16. The molecule has 1 heterocycles. The molecule has 1 aliphatic rings. The molecule has 1 aliphatic heterocycles. The predicted octanol–water partition coefficient (Wildman–Crippen LogP) is 2.90. The average Bonchev–Trinajstić information content (AvgIpc) is 2.47. The third-order valence-electron chi connectivity index (χ3n) is 3.29. The van der Waals surface area contributed by atoms with Crippen molar-refractivity contribution >= 4 is 17.0 Å². The fourth-order valence-electron chi connectivity index (χ4n) is 2.25. The van der Waals surface area contributed by atoms with Crippen LogP contribution in [0.25, 0.3) is 0 Å². The number of amides is 1. The van der Waals surface area contributed by atoms with E-state index in [2.05, 4.69) is 17.4 Å². The van der Waals surface area contributed by atoms with Crippen LogP contribution >= 0.6 is 11.8 Å². The molecule has 0 bridgehead atoms. The Kier molecular flexibility index (Phi) is 5.31. The molecule has 20 heavy (non-hydrogen) atoms. The molecule has 1 aromatic rings. The Morgan fingerprint density at radius 2 is 2.10 bits per heavy atom. The molecule has 1 atom stereocenters. The molecule has 0 aromatic heterocycles. The van der Waals surface area contributed by atoms with Crippen LogP contribution in [-0.4, -0.2) is 42.1 Å². The second-order valence-corrected chi connectivity index (χ2v) is 6.69. The van der Waals surface area contributed by atoms with Crippen molar-refractivity contribution in [3.05, 3.63) is 29.8 Å². The number of hydrogen-bond acceptors (Lipinski definition) is 4. The third kappa shape index (κ3) is 3.90. The monoisotopic (exact) mass is 294 g/mol. The molecule has 5 heteroatoms. The quantitative estimate of drug-likeness (QED) is 0.930. The van der Waals surface area contributed by atoms with E-state index in [0.717, 1.165) is 25.4 Å². The summed E-state index contributed by atoms with van der Waals surface area (Å²) in [6.07, 6.45) is 0. The molecule has 0 spiro atoms. The maximum atomic E-state index is 12.1. The van der Waals surface area contributed by atoms with Gasteiger partial charge in [-0.25, -0.2) is 0 Å². The standard InChI is InChI=1S/C15H22N2O2S/c1-11(2)20-15(18)17-9-8-16-14(10-17)12-4-6-13(19-3)7-5-12/h4-7,11,14,16H,8-10H2,1-3H3. The number of methoxy groups -OCH3 is 1. The summed E-state index contributed by atoms with van der Waals surface area (Å²) in [7, 11) is 1.66. The van der Waals surface area contributed by atoms with Gasteiger partial charge in [0, 0.05) is 30.9 Å². The van der Waals surface area contributed by atoms with E-state index in [1.165, 1.54) is 17.3 Å². The summed E-state index contributed by atoms with van der Waals surface area (Å²) in [5.41, 5.74) is 1.19. The highest BCUT2D eigenvalue weighted by atomic mass is 32.2. The first-order chi connectivity index (χ1) is 9.60. The zero-order chi connectivity index (χ0) is 14.5. The summed E-state index contributed by atoms with van der Waals surface area (Å²) in [6, 6.07) is 8.23. The molecule has 1 aromatic carbocycles. The molecular weight excluding hydrogens is 272 g/mol. The van der Waals surface area contributed by atoms with Crippen LogP contribution in [-0.2, 0) is 0 Å². The fourth-order valence-corrected chi connectivity index (χ4v) is 2.97. The predicted molar refractivity (Wildman–Crippen MR) is 83.4 cm³/mol. The molecule has 0 radical (unpaired) electrons. The summed E-state index contributed by atoms with van der Waals surface area (Å²) < 4.78 is 5.17. The van der Waals surface area contributed by atoms with Crippen LogP contribution in [0.15, 0.2) is 24.3 Å². The maximum Gasteiger partial charge on any atom is 0.281 e. The topological polar surface area (TPSA) is 41.6 Å². The lowest BCUT2D eigenvalue weighted by atomic mass is 10.0. The number of hydrogen-bond donors (Lipinski definition) is 1. The molecule has 1 fully saturated rings. The van der Waals surface area contributed by atoms with E-state index < -0.39 is 0 Å². The fraction of sp³-hybridized carbons (Fsp3) is 0.533. The molecule has 4 nitrogen and oxygen atoms in total. The summed E-state index contributed by atoms with van der Waals surface area (Å²) in [4.78, 5) is 14.1. The van der Waals surface area contributed by atoms with Gasteiger partial charge in [-0.2, -0.15) is 0 Å². The molecule has 1 amide bonds. The van der Waals surface area contributed by atoms with Crippen LogP contribution in [0.2, 0.25) is 0 Å². The van der Waals surface area contributed by atoms with E-state index in [0.29, 0.717) is 5.25 Å². The SMILES string of the molecule is COc1ccc(C2CN(C(=O)SC(C)C)CCN2)cc1. The van der Waals surface area contributed by atoms with E-state index in [9.17, 15) is 4.79 Å². The third-order valence-corrected chi connectivity index (χ3v) is 4.22. The zero-order valence-corrected chi connectivity index (χ0v) is 13.1. The van der Waals surface area contributed by atoms with Gasteiger partial charge in [0.05, 0.1) is 7.11 Å². The highest BCUT2D eigenvalue weighted by Crippen LogP contribution is 2.23. The minimum absolute atomic E-state index is 0.181. The van der Waals surface area contributed by atoms with Gasteiger partial charge in [-0.3, -0.25) is 4.79 Å². The van der Waals surface area contributed by atoms with Crippen molar-refractivity contribution < 1.29 is 9.53 Å². The molecule has 110 valence electrons. The molecular formula is C15H22N2O2S. The van der Waals surface area contributed by atoms with Crippen LogP contribution in [0.1, 0.15) is 25.5 Å². The van der Waals surface area contributed by atoms with Crippen LogP contribution < -0.4 is 10.1 Å². The van der Waals surface area contributed by atoms with E-state index in [1.54, 1.807) is 7.11 Å². The largest absolute Gasteiger partial charge is 0.497 e. The van der Waals surface area contributed by atoms with Gasteiger partial charge in [0.15, 0.2) is 0 Å². The summed E-state index contributed by atoms with van der Waals surface area (Å²) >= 11 is 1.40. The van der Waals surface area contributed by atoms with Gasteiger partial charge >= 0.3 is 0 Å². The zero-order valence-electron chi connectivity index (χ0n) is 12.3. The van der Waals surface area contributed by atoms with Crippen molar-refractivity contribution in [1.82, 2.24) is 10.2 Å². The van der Waals surface area contributed by atoms with Crippen molar-refractivity contribution in [3.63, 3.8) is 0 Å². The summed E-state index contributed by atoms with van der Waals surface area (Å²) in [5.74, 6) is 0.854. The lowest BCUT2D eigenvalue weighted by Crippen LogP contribution is -2.47. The van der Waals surface area contributed by atoms with Gasteiger partial charge in [0.25, 0.3) is 5.24 Å². The van der Waals surface area contributed by atoms with Crippen LogP contribution in [0.5, 0.6) is 5.75 Å². The lowest BCUT2D eigenvalue weighted by Gasteiger charge is -2.34. The van der Waals surface area contributed by atoms with Gasteiger partial charge in [0.1, 0.15) is 5.75 Å². The number of rotatable bonds is 3. The Labute approximate surface area is 124 Å². The lowest BCUT2D eigenvalue weighted by molar-refractivity contribution is 0.200. The molecule has 2 rings (SSSR count). The number of carbonyl (C=O) groups is 1. The molecule has 1 unspecified atom stereocenters. The van der Waals surface area contributed by atoms with Crippen molar-refractivity contribution in [2.24, 2.45) is 0 Å². The van der Waals surface area contributed by atoms with Gasteiger partial charge in [0.2, 0.25) is 0 Å². The van der Waals surface area contributed by atoms with E-state index in [4.69, 9.17) is 4.74 Å². The molecule has 1 N–H and O–H groups in total. The number of nitrogens with one attached hydrogen (secondary N) is 1. The Hall–Kier alpha value is -1.20. The summed E-state index contributed by atoms with van der Waals surface area (Å²) in [6.45, 7) is 6.44. The van der Waals surface area contributed by atoms with E-state index in [-0.39, 0.29) is 11.3 Å². The van der Waals surface area contributed by atoms with Crippen LogP contribution in [0.3, 0.4) is 0 Å². The van der Waals surface area contributed by atoms with Gasteiger partial charge < -0.3 is 15.0 Å². The van der Waals surface area contributed by atoms with E-state index >= 15 is 0 Å². The van der Waals surface area contributed by atoms with Gasteiger partial charge in [-0.05, 0) is 17.7 Å². The van der Waals surface area contributed by atoms with Crippen molar-refractivity contribution in [1.29, 1.82) is 0 Å². The highest BCUT2D eigenvalue weighted by Gasteiger charge is 2.24. The summed E-state index contributed by atoms with van der Waals surface area (Å²) in [5, 5.41) is 3.98. The molecule has 1 saturated heterocycles. The average molecular weight is 294 g/mol. The number of nitrogens with zero attached hydrogens (tertiary/aromatic N) is 1. The highest BCUT2D eigenvalue weighted by molar-refractivity contribution is 8.14. The van der Waals surface area contributed by atoms with Crippen molar-refractivity contribution in [2.45, 2.75) is 25.1 Å². The Morgan fingerprint density at radius 3 is 2.70 bits per heavy atom. The number of piperazine rings is 1. The minimum atomic E-state index is 0.181. The number of thioether (sulfide) groups is 1. The second kappa shape index (κ2) is 6.99. The first kappa shape index (κ1) is 15.2.